The lowest BCUT2D eigenvalue weighted by molar-refractivity contribution is -0.139. The maximum Gasteiger partial charge on any atom is 0.335 e. The minimum Gasteiger partial charge on any atom is -0.481 e. The maximum atomic E-state index is 11.9. The molecule has 1 atom stereocenters. The summed E-state index contributed by atoms with van der Waals surface area (Å²) in [5.41, 5.74) is 1.43. The maximum absolute atomic E-state index is 11.9. The van der Waals surface area contributed by atoms with Gasteiger partial charge < -0.3 is 20.4 Å². The van der Waals surface area contributed by atoms with Gasteiger partial charge in [0.05, 0.1) is 12.0 Å². The normalized spacial score (nSPS) is 17.9. The number of carbonyl (C=O) groups excluding carboxylic acids is 1. The molecule has 7 heteroatoms. The van der Waals surface area contributed by atoms with E-state index in [0.29, 0.717) is 11.3 Å². The van der Waals surface area contributed by atoms with E-state index < -0.39 is 18.0 Å². The van der Waals surface area contributed by atoms with Crippen LogP contribution in [-0.2, 0) is 16.1 Å². The lowest BCUT2D eigenvalue weighted by Crippen LogP contribution is -2.44. The average molecular weight is 278 g/mol. The Morgan fingerprint density at radius 1 is 1.40 bits per heavy atom. The lowest BCUT2D eigenvalue weighted by Gasteiger charge is -2.26. The predicted octanol–water partition coefficient (Wildman–Crippen LogP) is 0.294. The average Bonchev–Trinajstić information content (AvgIpc) is 2.50. The zero-order chi connectivity index (χ0) is 14.9. The summed E-state index contributed by atoms with van der Waals surface area (Å²) in [7, 11) is 1.62. The summed E-state index contributed by atoms with van der Waals surface area (Å²) in [6, 6.07) is 3.70. The van der Waals surface area contributed by atoms with E-state index in [2.05, 4.69) is 5.32 Å². The van der Waals surface area contributed by atoms with Crippen LogP contribution in [0.4, 0.5) is 5.69 Å². The highest BCUT2D eigenvalue weighted by Crippen LogP contribution is 2.26. The van der Waals surface area contributed by atoms with E-state index in [9.17, 15) is 14.4 Å². The second kappa shape index (κ2) is 5.20. The van der Waals surface area contributed by atoms with Crippen molar-refractivity contribution >= 4 is 23.5 Å². The van der Waals surface area contributed by atoms with Crippen LogP contribution in [0.2, 0.25) is 0 Å². The number of benzene rings is 1. The summed E-state index contributed by atoms with van der Waals surface area (Å²) in [5, 5.41) is 20.5. The van der Waals surface area contributed by atoms with Crippen LogP contribution in [0.1, 0.15) is 22.3 Å². The van der Waals surface area contributed by atoms with Crippen LogP contribution >= 0.6 is 0 Å². The van der Waals surface area contributed by atoms with Gasteiger partial charge in [-0.1, -0.05) is 0 Å². The molecule has 0 radical (unpaired) electrons. The molecule has 0 fully saturated rings. The van der Waals surface area contributed by atoms with E-state index in [0.717, 1.165) is 0 Å². The van der Waals surface area contributed by atoms with Crippen molar-refractivity contribution in [2.75, 3.05) is 11.9 Å². The number of amides is 1. The van der Waals surface area contributed by atoms with Crippen molar-refractivity contribution in [1.82, 2.24) is 5.32 Å². The Bertz CT molecular complexity index is 584. The molecule has 106 valence electrons. The molecule has 2 rings (SSSR count). The molecule has 0 saturated carbocycles. The Labute approximate surface area is 114 Å². The molecular formula is C13H14N2O5. The number of carboxylic acid groups (broad SMARTS) is 2. The first-order chi connectivity index (χ1) is 9.40. The fourth-order valence-corrected chi connectivity index (χ4v) is 2.24. The van der Waals surface area contributed by atoms with E-state index >= 15 is 0 Å². The topological polar surface area (TPSA) is 107 Å². The summed E-state index contributed by atoms with van der Waals surface area (Å²) in [6.45, 7) is 0.176. The van der Waals surface area contributed by atoms with Crippen LogP contribution < -0.4 is 10.2 Å². The predicted molar refractivity (Wildman–Crippen MR) is 69.7 cm³/mol. The number of carbonyl (C=O) groups is 3. The van der Waals surface area contributed by atoms with Gasteiger partial charge in [0.1, 0.15) is 6.04 Å². The van der Waals surface area contributed by atoms with Gasteiger partial charge in [-0.3, -0.25) is 9.59 Å². The van der Waals surface area contributed by atoms with Gasteiger partial charge in [0.25, 0.3) is 0 Å². The van der Waals surface area contributed by atoms with Crippen molar-refractivity contribution in [1.29, 1.82) is 0 Å². The van der Waals surface area contributed by atoms with Crippen molar-refractivity contribution in [3.63, 3.8) is 0 Å². The molecule has 1 heterocycles. The smallest absolute Gasteiger partial charge is 0.335 e. The quantitative estimate of drug-likeness (QED) is 0.733. The van der Waals surface area contributed by atoms with Crippen LogP contribution in [0, 0.1) is 0 Å². The lowest BCUT2D eigenvalue weighted by atomic mass is 10.1. The Morgan fingerprint density at radius 2 is 2.10 bits per heavy atom. The Morgan fingerprint density at radius 3 is 2.70 bits per heavy atom. The third-order valence-corrected chi connectivity index (χ3v) is 3.30. The van der Waals surface area contributed by atoms with Gasteiger partial charge in [0.2, 0.25) is 5.91 Å². The van der Waals surface area contributed by atoms with Crippen LogP contribution in [-0.4, -0.2) is 41.1 Å². The standard InChI is InChI=1S/C13H14N2O5/c1-15-9-3-2-7(13(19)20)4-8(9)6-14-12(18)10(15)5-11(16)17/h2-4,10H,5-6H2,1H3,(H,14,18)(H,16,17)(H,19,20). The highest BCUT2D eigenvalue weighted by atomic mass is 16.4. The second-order valence-corrected chi connectivity index (χ2v) is 4.59. The molecule has 0 saturated heterocycles. The van der Waals surface area contributed by atoms with Crippen molar-refractivity contribution in [2.24, 2.45) is 0 Å². The Kier molecular flexibility index (Phi) is 3.60. The number of aliphatic carboxylic acids is 1. The van der Waals surface area contributed by atoms with Gasteiger partial charge in [0.15, 0.2) is 0 Å². The van der Waals surface area contributed by atoms with E-state index in [-0.39, 0.29) is 24.4 Å². The molecular weight excluding hydrogens is 264 g/mol. The van der Waals surface area contributed by atoms with Crippen molar-refractivity contribution in [2.45, 2.75) is 19.0 Å². The monoisotopic (exact) mass is 278 g/mol. The molecule has 1 aromatic carbocycles. The molecule has 0 bridgehead atoms. The van der Waals surface area contributed by atoms with Gasteiger partial charge in [-0.2, -0.15) is 0 Å². The minimum absolute atomic E-state index is 0.128. The van der Waals surface area contributed by atoms with Gasteiger partial charge in [-0.25, -0.2) is 4.79 Å². The first-order valence-electron chi connectivity index (χ1n) is 5.98. The number of anilines is 1. The van der Waals surface area contributed by atoms with Crippen molar-refractivity contribution in [3.8, 4) is 0 Å². The molecule has 1 aromatic rings. The number of nitrogens with one attached hydrogen (secondary N) is 1. The fraction of sp³-hybridized carbons (Fsp3) is 0.308. The SMILES string of the molecule is CN1c2ccc(C(=O)O)cc2CNC(=O)C1CC(=O)O. The molecule has 0 aliphatic carbocycles. The third kappa shape index (κ3) is 2.56. The van der Waals surface area contributed by atoms with Gasteiger partial charge in [-0.05, 0) is 23.8 Å². The molecule has 1 amide bonds. The molecule has 1 aliphatic rings. The summed E-state index contributed by atoms with van der Waals surface area (Å²) in [4.78, 5) is 35.3. The first-order valence-corrected chi connectivity index (χ1v) is 5.98. The number of fused-ring (bicyclic) bond motifs is 1. The summed E-state index contributed by atoms with van der Waals surface area (Å²) < 4.78 is 0. The van der Waals surface area contributed by atoms with E-state index in [4.69, 9.17) is 10.2 Å². The van der Waals surface area contributed by atoms with Gasteiger partial charge in [-0.15, -0.1) is 0 Å². The summed E-state index contributed by atoms with van der Waals surface area (Å²) in [5.74, 6) is -2.50. The number of hydrogen-bond acceptors (Lipinski definition) is 4. The first kappa shape index (κ1) is 13.9. The zero-order valence-corrected chi connectivity index (χ0v) is 10.8. The second-order valence-electron chi connectivity index (χ2n) is 4.59. The van der Waals surface area contributed by atoms with Crippen molar-refractivity contribution < 1.29 is 24.6 Å². The summed E-state index contributed by atoms with van der Waals surface area (Å²) in [6.07, 6.45) is -0.317. The van der Waals surface area contributed by atoms with Crippen LogP contribution in [0.15, 0.2) is 18.2 Å². The minimum atomic E-state index is -1.07. The highest BCUT2D eigenvalue weighted by Gasteiger charge is 2.30. The molecule has 1 unspecified atom stereocenters. The Hall–Kier alpha value is -2.57. The van der Waals surface area contributed by atoms with Crippen LogP contribution in [0.3, 0.4) is 0 Å². The number of aromatic carboxylic acids is 1. The summed E-state index contributed by atoms with van der Waals surface area (Å²) >= 11 is 0. The van der Waals surface area contributed by atoms with Gasteiger partial charge in [0, 0.05) is 19.3 Å². The van der Waals surface area contributed by atoms with E-state index in [1.807, 2.05) is 0 Å². The highest BCUT2D eigenvalue weighted by molar-refractivity contribution is 5.92. The van der Waals surface area contributed by atoms with Crippen LogP contribution in [0.25, 0.3) is 0 Å². The van der Waals surface area contributed by atoms with Crippen molar-refractivity contribution in [3.05, 3.63) is 29.3 Å². The molecule has 3 N–H and O–H groups in total. The third-order valence-electron chi connectivity index (χ3n) is 3.30. The van der Waals surface area contributed by atoms with E-state index in [1.54, 1.807) is 18.0 Å². The van der Waals surface area contributed by atoms with Crippen LogP contribution in [0.5, 0.6) is 0 Å². The largest absolute Gasteiger partial charge is 0.481 e. The number of carboxylic acids is 2. The molecule has 20 heavy (non-hydrogen) atoms. The zero-order valence-electron chi connectivity index (χ0n) is 10.8. The number of nitrogens with zero attached hydrogens (tertiary/aromatic N) is 1. The fourth-order valence-electron chi connectivity index (χ4n) is 2.24. The molecule has 7 nitrogen and oxygen atoms in total. The number of hydrogen-bond donors (Lipinski definition) is 3. The van der Waals surface area contributed by atoms with E-state index in [1.165, 1.54) is 12.1 Å². The Balaban J connectivity index is 2.41. The molecule has 0 spiro atoms. The number of likely N-dealkylation sites (N-methyl/N-ethyl adjacent to an activating group) is 1. The molecule has 0 aromatic heterocycles. The number of rotatable bonds is 3. The van der Waals surface area contributed by atoms with Gasteiger partial charge >= 0.3 is 11.9 Å². The molecule has 1 aliphatic heterocycles.